The number of aromatic nitrogens is 2. The number of rotatable bonds is 7. The number of fused-ring (bicyclic) bond motifs is 1. The molecule has 1 N–H and O–H groups in total. The average Bonchev–Trinajstić information content (AvgIpc) is 2.60. The molecule has 0 bridgehead atoms. The monoisotopic (exact) mass is 397 g/mol. The fraction of sp³-hybridized carbons (Fsp3) is 0.250. The number of unbranched alkanes of at least 4 members (excludes halogenated alkanes) is 1. The van der Waals surface area contributed by atoms with E-state index in [1.54, 1.807) is 6.33 Å². The lowest BCUT2D eigenvalue weighted by atomic mass is 10.0. The van der Waals surface area contributed by atoms with Crippen LogP contribution in [0.1, 0.15) is 31.7 Å². The van der Waals surface area contributed by atoms with E-state index in [0.717, 1.165) is 45.3 Å². The molecule has 5 heteroatoms. The van der Waals surface area contributed by atoms with Gasteiger partial charge < -0.3 is 5.32 Å². The number of nitrogens with zero attached hydrogens (tertiary/aromatic N) is 2. The van der Waals surface area contributed by atoms with Crippen molar-refractivity contribution in [3.05, 3.63) is 58.8 Å². The van der Waals surface area contributed by atoms with Gasteiger partial charge in [-0.15, -0.1) is 0 Å². The lowest BCUT2D eigenvalue weighted by Gasteiger charge is -2.10. The Hall–Kier alpha value is -2.27. The van der Waals surface area contributed by atoms with Crippen molar-refractivity contribution < 1.29 is 4.79 Å². The average molecular weight is 398 g/mol. The second kappa shape index (κ2) is 8.21. The molecule has 0 radical (unpaired) electrons. The third-order valence-electron chi connectivity index (χ3n) is 4.00. The maximum Gasteiger partial charge on any atom is 0.141 e. The number of carbonyl (C=O) groups is 1. The summed E-state index contributed by atoms with van der Waals surface area (Å²) in [6.07, 6.45) is 4.64. The van der Waals surface area contributed by atoms with Crippen molar-refractivity contribution in [2.24, 2.45) is 0 Å². The molecule has 0 saturated carbocycles. The topological polar surface area (TPSA) is 54.9 Å². The molecule has 3 rings (SSSR count). The van der Waals surface area contributed by atoms with Crippen LogP contribution in [0.2, 0.25) is 0 Å². The molecule has 0 spiro atoms. The van der Waals surface area contributed by atoms with Crippen molar-refractivity contribution in [3.63, 3.8) is 0 Å². The van der Waals surface area contributed by atoms with Gasteiger partial charge in [0.05, 0.1) is 5.52 Å². The first-order valence-corrected chi connectivity index (χ1v) is 9.23. The van der Waals surface area contributed by atoms with Crippen LogP contribution in [-0.4, -0.2) is 15.8 Å². The van der Waals surface area contributed by atoms with Crippen molar-refractivity contribution >= 4 is 44.1 Å². The zero-order valence-electron chi connectivity index (χ0n) is 14.1. The van der Waals surface area contributed by atoms with Crippen molar-refractivity contribution in [1.82, 2.24) is 9.97 Å². The SMILES string of the molecule is CCCCC(=O)Cc1ccc2ncnc(Nc3cccc(Br)c3)c2c1. The van der Waals surface area contributed by atoms with Gasteiger partial charge in [-0.3, -0.25) is 4.79 Å². The van der Waals surface area contributed by atoms with E-state index in [0.29, 0.717) is 12.8 Å². The highest BCUT2D eigenvalue weighted by molar-refractivity contribution is 9.10. The molecule has 0 amide bonds. The van der Waals surface area contributed by atoms with E-state index in [1.807, 2.05) is 42.5 Å². The quantitative estimate of drug-likeness (QED) is 0.576. The number of nitrogens with one attached hydrogen (secondary N) is 1. The van der Waals surface area contributed by atoms with Crippen LogP contribution in [0, 0.1) is 0 Å². The third-order valence-corrected chi connectivity index (χ3v) is 4.49. The minimum atomic E-state index is 0.277. The highest BCUT2D eigenvalue weighted by atomic mass is 79.9. The number of halogens is 1. The number of ketones is 1. The Morgan fingerprint density at radius 1 is 1.16 bits per heavy atom. The van der Waals surface area contributed by atoms with Crippen molar-refractivity contribution in [1.29, 1.82) is 0 Å². The van der Waals surface area contributed by atoms with Crippen LogP contribution >= 0.6 is 15.9 Å². The van der Waals surface area contributed by atoms with Crippen LogP contribution in [0.4, 0.5) is 11.5 Å². The summed E-state index contributed by atoms with van der Waals surface area (Å²) in [4.78, 5) is 20.8. The molecule has 25 heavy (non-hydrogen) atoms. The standard InChI is InChI=1S/C20H20BrN3O/c1-2-3-7-17(25)10-14-8-9-19-18(11-14)20(23-13-22-19)24-16-6-4-5-15(21)12-16/h4-6,8-9,11-13H,2-3,7,10H2,1H3,(H,22,23,24). The summed E-state index contributed by atoms with van der Waals surface area (Å²) < 4.78 is 0.998. The van der Waals surface area contributed by atoms with Gasteiger partial charge in [-0.05, 0) is 42.3 Å². The Morgan fingerprint density at radius 3 is 2.84 bits per heavy atom. The minimum absolute atomic E-state index is 0.277. The lowest BCUT2D eigenvalue weighted by Crippen LogP contribution is -2.03. The number of hydrogen-bond acceptors (Lipinski definition) is 4. The molecule has 4 nitrogen and oxygen atoms in total. The normalized spacial score (nSPS) is 10.8. The van der Waals surface area contributed by atoms with E-state index in [9.17, 15) is 4.79 Å². The maximum absolute atomic E-state index is 12.1. The van der Waals surface area contributed by atoms with Gasteiger partial charge in [-0.1, -0.05) is 41.4 Å². The van der Waals surface area contributed by atoms with Gasteiger partial charge in [-0.25, -0.2) is 9.97 Å². The second-order valence-electron chi connectivity index (χ2n) is 6.03. The molecule has 1 aromatic heterocycles. The van der Waals surface area contributed by atoms with E-state index in [2.05, 4.69) is 38.1 Å². The van der Waals surface area contributed by atoms with Crippen LogP contribution in [0.25, 0.3) is 10.9 Å². The Morgan fingerprint density at radius 2 is 2.04 bits per heavy atom. The number of benzene rings is 2. The van der Waals surface area contributed by atoms with Crippen molar-refractivity contribution in [3.8, 4) is 0 Å². The molecular formula is C20H20BrN3O. The number of anilines is 2. The molecule has 0 aliphatic rings. The fourth-order valence-corrected chi connectivity index (χ4v) is 3.11. The van der Waals surface area contributed by atoms with Gasteiger partial charge in [-0.2, -0.15) is 0 Å². The van der Waals surface area contributed by atoms with Gasteiger partial charge in [0.25, 0.3) is 0 Å². The second-order valence-corrected chi connectivity index (χ2v) is 6.94. The summed E-state index contributed by atoms with van der Waals surface area (Å²) in [6.45, 7) is 2.10. The van der Waals surface area contributed by atoms with Crippen LogP contribution in [-0.2, 0) is 11.2 Å². The summed E-state index contributed by atoms with van der Waals surface area (Å²) >= 11 is 3.47. The van der Waals surface area contributed by atoms with Crippen molar-refractivity contribution in [2.45, 2.75) is 32.6 Å². The molecule has 3 aromatic rings. The predicted molar refractivity (Wildman–Crippen MR) is 105 cm³/mol. The van der Waals surface area contributed by atoms with Crippen LogP contribution in [0.15, 0.2) is 53.3 Å². The first-order valence-electron chi connectivity index (χ1n) is 8.43. The van der Waals surface area contributed by atoms with Crippen LogP contribution in [0.5, 0.6) is 0 Å². The molecule has 1 heterocycles. The Labute approximate surface area is 155 Å². The lowest BCUT2D eigenvalue weighted by molar-refractivity contribution is -0.118. The summed E-state index contributed by atoms with van der Waals surface area (Å²) in [5.41, 5.74) is 2.80. The van der Waals surface area contributed by atoms with Gasteiger partial charge in [0.2, 0.25) is 0 Å². The molecule has 0 aliphatic carbocycles. The Bertz CT molecular complexity index is 895. The molecule has 0 aliphatic heterocycles. The molecule has 0 unspecified atom stereocenters. The molecule has 0 saturated heterocycles. The first kappa shape index (κ1) is 17.5. The first-order chi connectivity index (χ1) is 12.2. The summed E-state index contributed by atoms with van der Waals surface area (Å²) in [5, 5.41) is 4.26. The number of hydrogen-bond donors (Lipinski definition) is 1. The molecule has 2 aromatic carbocycles. The molecule has 0 fully saturated rings. The van der Waals surface area contributed by atoms with Gasteiger partial charge in [0.1, 0.15) is 17.9 Å². The van der Waals surface area contributed by atoms with E-state index in [-0.39, 0.29) is 5.78 Å². The van der Waals surface area contributed by atoms with E-state index in [1.165, 1.54) is 0 Å². The summed E-state index contributed by atoms with van der Waals surface area (Å²) in [6, 6.07) is 13.9. The largest absolute Gasteiger partial charge is 0.340 e. The molecular weight excluding hydrogens is 378 g/mol. The molecule has 0 atom stereocenters. The highest BCUT2D eigenvalue weighted by Gasteiger charge is 2.08. The summed E-state index contributed by atoms with van der Waals surface area (Å²) in [7, 11) is 0. The third kappa shape index (κ3) is 4.63. The van der Waals surface area contributed by atoms with E-state index in [4.69, 9.17) is 0 Å². The zero-order chi connectivity index (χ0) is 17.6. The van der Waals surface area contributed by atoms with Gasteiger partial charge >= 0.3 is 0 Å². The van der Waals surface area contributed by atoms with E-state index >= 15 is 0 Å². The summed E-state index contributed by atoms with van der Waals surface area (Å²) in [5.74, 6) is 1.02. The Balaban J connectivity index is 1.88. The van der Waals surface area contributed by atoms with Gasteiger partial charge in [0, 0.05) is 28.4 Å². The Kier molecular flexibility index (Phi) is 5.76. The minimum Gasteiger partial charge on any atom is -0.340 e. The molecule has 128 valence electrons. The predicted octanol–water partition coefficient (Wildman–Crippen LogP) is 5.44. The smallest absolute Gasteiger partial charge is 0.141 e. The zero-order valence-corrected chi connectivity index (χ0v) is 15.7. The highest BCUT2D eigenvalue weighted by Crippen LogP contribution is 2.25. The van der Waals surface area contributed by atoms with Crippen LogP contribution < -0.4 is 5.32 Å². The van der Waals surface area contributed by atoms with Gasteiger partial charge in [0.15, 0.2) is 0 Å². The number of carbonyl (C=O) groups excluding carboxylic acids is 1. The van der Waals surface area contributed by atoms with E-state index < -0.39 is 0 Å². The van der Waals surface area contributed by atoms with Crippen LogP contribution in [0.3, 0.4) is 0 Å². The number of Topliss-reactive ketones (excluding diaryl/α,β-unsaturated/α-hetero) is 1. The van der Waals surface area contributed by atoms with Crippen molar-refractivity contribution in [2.75, 3.05) is 5.32 Å². The maximum atomic E-state index is 12.1. The fourth-order valence-electron chi connectivity index (χ4n) is 2.71.